The van der Waals surface area contributed by atoms with Crippen molar-refractivity contribution in [3.63, 3.8) is 0 Å². The maximum absolute atomic E-state index is 5.10. The number of nitrogens with zero attached hydrogens (tertiary/aromatic N) is 1. The first-order valence-corrected chi connectivity index (χ1v) is 3.76. The molecule has 1 aromatic rings. The van der Waals surface area contributed by atoms with E-state index < -0.39 is 0 Å². The van der Waals surface area contributed by atoms with Crippen molar-refractivity contribution in [1.82, 2.24) is 15.7 Å². The van der Waals surface area contributed by atoms with E-state index in [2.05, 4.69) is 22.6 Å². The minimum absolute atomic E-state index is 0.542. The van der Waals surface area contributed by atoms with Crippen LogP contribution in [0.5, 0.6) is 0 Å². The standard InChI is InChI=1S/C7H13N3O/c1-2-4-9-11-6-7-3-5-8-10-7/h3,5,9H,2,4,6H2,1H3,(H,8,10). The average Bonchev–Trinajstić information content (AvgIpc) is 2.50. The van der Waals surface area contributed by atoms with Crippen LogP contribution in [-0.4, -0.2) is 16.7 Å². The van der Waals surface area contributed by atoms with Crippen molar-refractivity contribution in [1.29, 1.82) is 0 Å². The minimum atomic E-state index is 0.542. The molecular weight excluding hydrogens is 142 g/mol. The molecule has 4 nitrogen and oxygen atoms in total. The Bertz CT molecular complexity index is 174. The molecule has 0 radical (unpaired) electrons. The zero-order valence-corrected chi connectivity index (χ0v) is 6.63. The molecule has 1 heterocycles. The third-order valence-electron chi connectivity index (χ3n) is 1.24. The predicted octanol–water partition coefficient (Wildman–Crippen LogP) is 0.841. The molecule has 2 N–H and O–H groups in total. The maximum Gasteiger partial charge on any atom is 0.110 e. The predicted molar refractivity (Wildman–Crippen MR) is 41.7 cm³/mol. The molecule has 0 atom stereocenters. The van der Waals surface area contributed by atoms with Crippen molar-refractivity contribution in [3.8, 4) is 0 Å². The highest BCUT2D eigenvalue weighted by Crippen LogP contribution is 1.91. The van der Waals surface area contributed by atoms with Gasteiger partial charge in [-0.05, 0) is 12.5 Å². The van der Waals surface area contributed by atoms with Gasteiger partial charge in [0.2, 0.25) is 0 Å². The number of aromatic nitrogens is 2. The molecule has 1 aromatic heterocycles. The van der Waals surface area contributed by atoms with Gasteiger partial charge in [-0.3, -0.25) is 9.94 Å². The number of rotatable bonds is 5. The fourth-order valence-corrected chi connectivity index (χ4v) is 0.668. The highest BCUT2D eigenvalue weighted by atomic mass is 16.6. The molecule has 11 heavy (non-hydrogen) atoms. The summed E-state index contributed by atoms with van der Waals surface area (Å²) in [6, 6.07) is 1.88. The summed E-state index contributed by atoms with van der Waals surface area (Å²) in [6.45, 7) is 3.51. The molecule has 0 fully saturated rings. The molecule has 0 spiro atoms. The van der Waals surface area contributed by atoms with E-state index in [9.17, 15) is 0 Å². The molecule has 0 aliphatic heterocycles. The summed E-state index contributed by atoms with van der Waals surface area (Å²) in [7, 11) is 0. The van der Waals surface area contributed by atoms with Gasteiger partial charge in [0.25, 0.3) is 0 Å². The van der Waals surface area contributed by atoms with Crippen LogP contribution in [0.4, 0.5) is 0 Å². The number of aromatic amines is 1. The van der Waals surface area contributed by atoms with Gasteiger partial charge in [0, 0.05) is 12.7 Å². The second-order valence-electron chi connectivity index (χ2n) is 2.26. The van der Waals surface area contributed by atoms with E-state index >= 15 is 0 Å². The monoisotopic (exact) mass is 155 g/mol. The van der Waals surface area contributed by atoms with Crippen LogP contribution in [0.3, 0.4) is 0 Å². The SMILES string of the molecule is CCCNOCc1ccn[nH]1. The summed E-state index contributed by atoms with van der Waals surface area (Å²) in [5.74, 6) is 0. The third kappa shape index (κ3) is 3.15. The van der Waals surface area contributed by atoms with Crippen LogP contribution in [-0.2, 0) is 11.4 Å². The zero-order chi connectivity index (χ0) is 7.94. The van der Waals surface area contributed by atoms with Crippen LogP contribution in [0.25, 0.3) is 0 Å². The largest absolute Gasteiger partial charge is 0.295 e. The van der Waals surface area contributed by atoms with Gasteiger partial charge in [-0.15, -0.1) is 0 Å². The molecule has 62 valence electrons. The molecule has 0 aromatic carbocycles. The number of nitrogens with one attached hydrogen (secondary N) is 2. The lowest BCUT2D eigenvalue weighted by atomic mass is 10.5. The first-order chi connectivity index (χ1) is 5.43. The fourth-order valence-electron chi connectivity index (χ4n) is 0.668. The molecule has 0 aliphatic rings. The fraction of sp³-hybridized carbons (Fsp3) is 0.571. The van der Waals surface area contributed by atoms with Gasteiger partial charge < -0.3 is 0 Å². The maximum atomic E-state index is 5.10. The number of H-pyrrole nitrogens is 1. The lowest BCUT2D eigenvalue weighted by Crippen LogP contribution is -2.14. The Hall–Kier alpha value is -0.870. The smallest absolute Gasteiger partial charge is 0.110 e. The van der Waals surface area contributed by atoms with Gasteiger partial charge >= 0.3 is 0 Å². The second kappa shape index (κ2) is 4.87. The summed E-state index contributed by atoms with van der Waals surface area (Å²) >= 11 is 0. The van der Waals surface area contributed by atoms with Crippen LogP contribution in [0.2, 0.25) is 0 Å². The first-order valence-electron chi connectivity index (χ1n) is 3.76. The Morgan fingerprint density at radius 3 is 3.27 bits per heavy atom. The van der Waals surface area contributed by atoms with Crippen molar-refractivity contribution in [2.45, 2.75) is 20.0 Å². The van der Waals surface area contributed by atoms with Crippen molar-refractivity contribution in [3.05, 3.63) is 18.0 Å². The molecular formula is C7H13N3O. The molecule has 0 amide bonds. The number of hydroxylamine groups is 1. The summed E-state index contributed by atoms with van der Waals surface area (Å²) in [5.41, 5.74) is 3.81. The Balaban J connectivity index is 2.04. The Labute approximate surface area is 65.9 Å². The van der Waals surface area contributed by atoms with Crippen LogP contribution < -0.4 is 5.48 Å². The first kappa shape index (κ1) is 8.23. The van der Waals surface area contributed by atoms with E-state index in [1.54, 1.807) is 6.20 Å². The molecule has 0 aliphatic carbocycles. The van der Waals surface area contributed by atoms with Gasteiger partial charge in [-0.1, -0.05) is 6.92 Å². The average molecular weight is 155 g/mol. The van der Waals surface area contributed by atoms with Crippen molar-refractivity contribution in [2.75, 3.05) is 6.54 Å². The van der Waals surface area contributed by atoms with E-state index in [0.29, 0.717) is 6.61 Å². The summed E-state index contributed by atoms with van der Waals surface area (Å²) in [5, 5.41) is 6.59. The second-order valence-corrected chi connectivity index (χ2v) is 2.26. The summed E-state index contributed by atoms with van der Waals surface area (Å²) in [6.07, 6.45) is 2.78. The summed E-state index contributed by atoms with van der Waals surface area (Å²) < 4.78 is 0. The van der Waals surface area contributed by atoms with E-state index in [1.807, 2.05) is 6.07 Å². The molecule has 0 saturated heterocycles. The van der Waals surface area contributed by atoms with Crippen LogP contribution in [0.15, 0.2) is 12.3 Å². The highest BCUT2D eigenvalue weighted by Gasteiger charge is 1.91. The molecule has 0 saturated carbocycles. The van der Waals surface area contributed by atoms with E-state index in [-0.39, 0.29) is 0 Å². The Kier molecular flexibility index (Phi) is 3.64. The number of hydrogen-bond acceptors (Lipinski definition) is 3. The van der Waals surface area contributed by atoms with E-state index in [4.69, 9.17) is 4.84 Å². The summed E-state index contributed by atoms with van der Waals surface area (Å²) in [4.78, 5) is 5.10. The van der Waals surface area contributed by atoms with Gasteiger partial charge in [0.1, 0.15) is 6.61 Å². The molecule has 0 unspecified atom stereocenters. The van der Waals surface area contributed by atoms with E-state index in [0.717, 1.165) is 18.7 Å². The van der Waals surface area contributed by atoms with Crippen LogP contribution in [0, 0.1) is 0 Å². The van der Waals surface area contributed by atoms with Gasteiger partial charge in [0.15, 0.2) is 0 Å². The lowest BCUT2D eigenvalue weighted by molar-refractivity contribution is 0.0264. The number of hydrogen-bond donors (Lipinski definition) is 2. The Morgan fingerprint density at radius 1 is 1.73 bits per heavy atom. The van der Waals surface area contributed by atoms with Gasteiger partial charge in [-0.2, -0.15) is 5.10 Å². The van der Waals surface area contributed by atoms with Crippen molar-refractivity contribution in [2.24, 2.45) is 0 Å². The molecule has 1 rings (SSSR count). The van der Waals surface area contributed by atoms with Crippen LogP contribution in [0.1, 0.15) is 19.0 Å². The molecule has 4 heteroatoms. The van der Waals surface area contributed by atoms with Crippen molar-refractivity contribution >= 4 is 0 Å². The zero-order valence-electron chi connectivity index (χ0n) is 6.63. The molecule has 0 bridgehead atoms. The third-order valence-corrected chi connectivity index (χ3v) is 1.24. The van der Waals surface area contributed by atoms with E-state index in [1.165, 1.54) is 0 Å². The Morgan fingerprint density at radius 2 is 2.64 bits per heavy atom. The van der Waals surface area contributed by atoms with Crippen LogP contribution >= 0.6 is 0 Å². The minimum Gasteiger partial charge on any atom is -0.295 e. The van der Waals surface area contributed by atoms with Gasteiger partial charge in [0.05, 0.1) is 5.69 Å². The van der Waals surface area contributed by atoms with Crippen molar-refractivity contribution < 1.29 is 4.84 Å². The van der Waals surface area contributed by atoms with Gasteiger partial charge in [-0.25, -0.2) is 5.48 Å². The highest BCUT2D eigenvalue weighted by molar-refractivity contribution is 4.94. The normalized spacial score (nSPS) is 10.3. The topological polar surface area (TPSA) is 49.9 Å². The lowest BCUT2D eigenvalue weighted by Gasteiger charge is -2.01. The quantitative estimate of drug-likeness (QED) is 0.489.